The SMILES string of the molecule is CC(C)COc1ccccc1NC(=O)CNc1ccc(NC(=O)CCc2ccccc2)cc1. The molecule has 3 rings (SSSR count). The molecule has 0 saturated heterocycles. The zero-order valence-electron chi connectivity index (χ0n) is 19.1. The summed E-state index contributed by atoms with van der Waals surface area (Å²) in [6, 6.07) is 24.6. The molecular formula is C27H31N3O3. The monoisotopic (exact) mass is 445 g/mol. The largest absolute Gasteiger partial charge is 0.491 e. The molecule has 0 heterocycles. The number of hydrogen-bond acceptors (Lipinski definition) is 4. The van der Waals surface area contributed by atoms with Crippen LogP contribution in [0.25, 0.3) is 0 Å². The number of carbonyl (C=O) groups excluding carboxylic acids is 2. The molecule has 0 atom stereocenters. The van der Waals surface area contributed by atoms with Gasteiger partial charge in [-0.15, -0.1) is 0 Å². The molecule has 172 valence electrons. The van der Waals surface area contributed by atoms with Crippen molar-refractivity contribution < 1.29 is 14.3 Å². The van der Waals surface area contributed by atoms with Gasteiger partial charge in [-0.1, -0.05) is 56.3 Å². The van der Waals surface area contributed by atoms with Crippen molar-refractivity contribution in [2.75, 3.05) is 29.1 Å². The summed E-state index contributed by atoms with van der Waals surface area (Å²) in [5.41, 5.74) is 3.30. The van der Waals surface area contributed by atoms with E-state index in [1.54, 1.807) is 0 Å². The van der Waals surface area contributed by atoms with E-state index in [-0.39, 0.29) is 18.4 Å². The summed E-state index contributed by atoms with van der Waals surface area (Å²) in [4.78, 5) is 24.6. The molecule has 0 fully saturated rings. The third kappa shape index (κ3) is 8.33. The Morgan fingerprint density at radius 2 is 1.45 bits per heavy atom. The van der Waals surface area contributed by atoms with Crippen molar-refractivity contribution in [2.24, 2.45) is 5.92 Å². The van der Waals surface area contributed by atoms with Crippen LogP contribution in [0, 0.1) is 5.92 Å². The number of para-hydroxylation sites is 2. The molecule has 33 heavy (non-hydrogen) atoms. The van der Waals surface area contributed by atoms with E-state index in [1.165, 1.54) is 0 Å². The van der Waals surface area contributed by atoms with Crippen LogP contribution >= 0.6 is 0 Å². The number of benzene rings is 3. The number of ether oxygens (including phenoxy) is 1. The maximum Gasteiger partial charge on any atom is 0.243 e. The standard InChI is InChI=1S/C27H31N3O3/c1-20(2)19-33-25-11-7-6-10-24(25)30-27(32)18-28-22-13-15-23(16-14-22)29-26(31)17-12-21-8-4-3-5-9-21/h3-11,13-16,20,28H,12,17-19H2,1-2H3,(H,29,31)(H,30,32). The molecule has 0 unspecified atom stereocenters. The van der Waals surface area contributed by atoms with Crippen molar-refractivity contribution in [2.45, 2.75) is 26.7 Å². The zero-order valence-corrected chi connectivity index (χ0v) is 19.1. The molecule has 0 spiro atoms. The van der Waals surface area contributed by atoms with Crippen LogP contribution in [-0.4, -0.2) is 25.0 Å². The fraction of sp³-hybridized carbons (Fsp3) is 0.259. The minimum absolute atomic E-state index is 0.0303. The molecule has 0 aliphatic rings. The third-order valence-electron chi connectivity index (χ3n) is 4.84. The van der Waals surface area contributed by atoms with Crippen molar-refractivity contribution in [1.29, 1.82) is 0 Å². The van der Waals surface area contributed by atoms with E-state index in [2.05, 4.69) is 29.8 Å². The Hall–Kier alpha value is -3.80. The summed E-state index contributed by atoms with van der Waals surface area (Å²) in [5, 5.41) is 8.89. The first-order valence-electron chi connectivity index (χ1n) is 11.2. The second-order valence-electron chi connectivity index (χ2n) is 8.21. The molecular weight excluding hydrogens is 414 g/mol. The summed E-state index contributed by atoms with van der Waals surface area (Å²) in [7, 11) is 0. The molecule has 6 nitrogen and oxygen atoms in total. The van der Waals surface area contributed by atoms with Gasteiger partial charge >= 0.3 is 0 Å². The van der Waals surface area contributed by atoms with Crippen molar-refractivity contribution in [3.8, 4) is 5.75 Å². The van der Waals surface area contributed by atoms with Gasteiger partial charge < -0.3 is 20.7 Å². The molecule has 2 amide bonds. The van der Waals surface area contributed by atoms with Crippen LogP contribution in [0.2, 0.25) is 0 Å². The lowest BCUT2D eigenvalue weighted by molar-refractivity contribution is -0.116. The Kier molecular flexibility index (Phi) is 8.88. The molecule has 6 heteroatoms. The molecule has 0 bridgehead atoms. The summed E-state index contributed by atoms with van der Waals surface area (Å²) in [6.07, 6.45) is 1.12. The lowest BCUT2D eigenvalue weighted by Crippen LogP contribution is -2.22. The highest BCUT2D eigenvalue weighted by molar-refractivity contribution is 5.95. The van der Waals surface area contributed by atoms with Crippen LogP contribution < -0.4 is 20.7 Å². The van der Waals surface area contributed by atoms with E-state index in [0.717, 1.165) is 16.9 Å². The Labute approximate surface area is 195 Å². The predicted octanol–water partition coefficient (Wildman–Crippen LogP) is 5.34. The van der Waals surface area contributed by atoms with Gasteiger partial charge in [0.1, 0.15) is 5.75 Å². The highest BCUT2D eigenvalue weighted by Gasteiger charge is 2.09. The average Bonchev–Trinajstić information content (AvgIpc) is 2.82. The summed E-state index contributed by atoms with van der Waals surface area (Å²) >= 11 is 0. The van der Waals surface area contributed by atoms with Crippen LogP contribution in [0.15, 0.2) is 78.9 Å². The van der Waals surface area contributed by atoms with Gasteiger partial charge in [0, 0.05) is 17.8 Å². The van der Waals surface area contributed by atoms with Gasteiger partial charge in [-0.2, -0.15) is 0 Å². The molecule has 3 aromatic carbocycles. The fourth-order valence-electron chi connectivity index (χ4n) is 3.13. The summed E-state index contributed by atoms with van der Waals surface area (Å²) < 4.78 is 5.78. The third-order valence-corrected chi connectivity index (χ3v) is 4.84. The van der Waals surface area contributed by atoms with Crippen LogP contribution in [0.1, 0.15) is 25.8 Å². The zero-order chi connectivity index (χ0) is 23.5. The molecule has 0 saturated carbocycles. The molecule has 0 aliphatic heterocycles. The molecule has 3 N–H and O–H groups in total. The van der Waals surface area contributed by atoms with E-state index in [0.29, 0.717) is 36.8 Å². The second kappa shape index (κ2) is 12.3. The van der Waals surface area contributed by atoms with Gasteiger partial charge in [0.2, 0.25) is 11.8 Å². The van der Waals surface area contributed by atoms with Crippen LogP contribution in [0.3, 0.4) is 0 Å². The van der Waals surface area contributed by atoms with Crippen molar-refractivity contribution in [3.05, 3.63) is 84.4 Å². The van der Waals surface area contributed by atoms with Crippen molar-refractivity contribution in [3.63, 3.8) is 0 Å². The van der Waals surface area contributed by atoms with E-state index in [4.69, 9.17) is 4.74 Å². The number of aryl methyl sites for hydroxylation is 1. The van der Waals surface area contributed by atoms with Crippen molar-refractivity contribution in [1.82, 2.24) is 0 Å². The minimum atomic E-state index is -0.172. The smallest absolute Gasteiger partial charge is 0.243 e. The number of hydrogen-bond donors (Lipinski definition) is 3. The Balaban J connectivity index is 1.44. The fourth-order valence-corrected chi connectivity index (χ4v) is 3.13. The van der Waals surface area contributed by atoms with Gasteiger partial charge in [0.25, 0.3) is 0 Å². The summed E-state index contributed by atoms with van der Waals surface area (Å²) in [5.74, 6) is 0.852. The van der Waals surface area contributed by atoms with Gasteiger partial charge in [0.05, 0.1) is 18.8 Å². The van der Waals surface area contributed by atoms with Gasteiger partial charge in [-0.05, 0) is 54.3 Å². The molecule has 0 radical (unpaired) electrons. The Bertz CT molecular complexity index is 1030. The normalized spacial score (nSPS) is 10.5. The van der Waals surface area contributed by atoms with E-state index >= 15 is 0 Å². The van der Waals surface area contributed by atoms with E-state index < -0.39 is 0 Å². The first kappa shape index (κ1) is 23.9. The van der Waals surface area contributed by atoms with Gasteiger partial charge in [-0.3, -0.25) is 9.59 Å². The maximum absolute atomic E-state index is 12.4. The number of rotatable bonds is 11. The predicted molar refractivity (Wildman–Crippen MR) is 134 cm³/mol. The highest BCUT2D eigenvalue weighted by Crippen LogP contribution is 2.24. The quantitative estimate of drug-likeness (QED) is 0.372. The topological polar surface area (TPSA) is 79.5 Å². The Morgan fingerprint density at radius 1 is 0.788 bits per heavy atom. The van der Waals surface area contributed by atoms with E-state index in [9.17, 15) is 9.59 Å². The maximum atomic E-state index is 12.4. The number of carbonyl (C=O) groups is 2. The second-order valence-corrected chi connectivity index (χ2v) is 8.21. The van der Waals surface area contributed by atoms with Crippen LogP contribution in [0.5, 0.6) is 5.75 Å². The van der Waals surface area contributed by atoms with E-state index in [1.807, 2.05) is 78.9 Å². The Morgan fingerprint density at radius 3 is 2.18 bits per heavy atom. The van der Waals surface area contributed by atoms with Gasteiger partial charge in [-0.25, -0.2) is 0 Å². The van der Waals surface area contributed by atoms with Crippen LogP contribution in [0.4, 0.5) is 17.1 Å². The van der Waals surface area contributed by atoms with Gasteiger partial charge in [0.15, 0.2) is 0 Å². The number of nitrogens with one attached hydrogen (secondary N) is 3. The molecule has 0 aliphatic carbocycles. The molecule has 3 aromatic rings. The molecule has 0 aromatic heterocycles. The first-order valence-corrected chi connectivity index (χ1v) is 11.2. The average molecular weight is 446 g/mol. The van der Waals surface area contributed by atoms with Crippen LogP contribution in [-0.2, 0) is 16.0 Å². The lowest BCUT2D eigenvalue weighted by atomic mass is 10.1. The summed E-state index contributed by atoms with van der Waals surface area (Å²) in [6.45, 7) is 4.85. The van der Waals surface area contributed by atoms with Crippen molar-refractivity contribution >= 4 is 28.9 Å². The first-order chi connectivity index (χ1) is 16.0. The highest BCUT2D eigenvalue weighted by atomic mass is 16.5. The minimum Gasteiger partial charge on any atom is -0.491 e. The number of amides is 2. The lowest BCUT2D eigenvalue weighted by Gasteiger charge is -2.14. The number of anilines is 3.